The SMILES string of the molecule is CNCC(NC)C(=O)N(CCNC(=O)CONC)CCN(CCNC(=O)CO/N=C\C(=O)N[C@@H](CC(C)C)C(=O)N1CCC[C@H]1C(=O)NC)C(=O)C(NC)NC. The number of amides is 7. The molecule has 0 radical (unpaired) electrons. The Morgan fingerprint density at radius 3 is 1.95 bits per heavy atom. The summed E-state index contributed by atoms with van der Waals surface area (Å²) in [5.74, 6) is -2.77. The fourth-order valence-corrected chi connectivity index (χ4v) is 5.87. The number of likely N-dealkylation sites (tertiary alicyclic amines) is 1. The van der Waals surface area contributed by atoms with E-state index < -0.39 is 42.7 Å². The summed E-state index contributed by atoms with van der Waals surface area (Å²) >= 11 is 0. The van der Waals surface area contributed by atoms with Gasteiger partial charge in [0, 0.05) is 66.5 Å². The fraction of sp³-hybridized carbons (Fsp3) is 0.765. The zero-order chi connectivity index (χ0) is 42.0. The third-order valence-electron chi connectivity index (χ3n) is 8.74. The van der Waals surface area contributed by atoms with Crippen molar-refractivity contribution in [3.05, 3.63) is 0 Å². The molecule has 1 fully saturated rings. The van der Waals surface area contributed by atoms with Gasteiger partial charge in [-0.2, -0.15) is 0 Å². The van der Waals surface area contributed by atoms with Crippen LogP contribution in [-0.4, -0.2) is 194 Å². The van der Waals surface area contributed by atoms with Crippen LogP contribution >= 0.6 is 0 Å². The summed E-state index contributed by atoms with van der Waals surface area (Å²) in [5, 5.41) is 25.8. The summed E-state index contributed by atoms with van der Waals surface area (Å²) in [6.45, 7) is 4.47. The number of likely N-dealkylation sites (N-methyl/N-ethyl adjacent to an activating group) is 5. The van der Waals surface area contributed by atoms with E-state index in [2.05, 4.69) is 53.2 Å². The zero-order valence-electron chi connectivity index (χ0n) is 34.1. The molecule has 0 aromatic carbocycles. The van der Waals surface area contributed by atoms with Crippen LogP contribution in [0.25, 0.3) is 0 Å². The normalized spacial score (nSPS) is 15.0. The van der Waals surface area contributed by atoms with Crippen molar-refractivity contribution in [1.29, 1.82) is 0 Å². The topological polar surface area (TPSA) is 268 Å². The predicted octanol–water partition coefficient (Wildman–Crippen LogP) is -5.13. The molecular weight excluding hydrogens is 734 g/mol. The molecule has 7 amide bonds. The Labute approximate surface area is 329 Å². The van der Waals surface area contributed by atoms with Gasteiger partial charge in [-0.15, -0.1) is 0 Å². The first kappa shape index (κ1) is 49.5. The van der Waals surface area contributed by atoms with Crippen LogP contribution in [0, 0.1) is 5.92 Å². The van der Waals surface area contributed by atoms with Gasteiger partial charge in [-0.25, -0.2) is 5.48 Å². The van der Waals surface area contributed by atoms with Crippen LogP contribution in [0.2, 0.25) is 0 Å². The van der Waals surface area contributed by atoms with Crippen LogP contribution in [0.5, 0.6) is 0 Å². The summed E-state index contributed by atoms with van der Waals surface area (Å²) in [4.78, 5) is 104. The molecule has 0 saturated carbocycles. The second-order valence-corrected chi connectivity index (χ2v) is 13.3. The Bertz CT molecular complexity index is 1290. The van der Waals surface area contributed by atoms with Crippen LogP contribution in [0.15, 0.2) is 5.16 Å². The van der Waals surface area contributed by atoms with E-state index in [4.69, 9.17) is 9.68 Å². The standard InChI is InChI=1S/C34H65N13O9/c1-23(2)18-24(33(53)47-13-9-10-26(47)31(51)39-7)44-27(48)20-43-56-22-29(50)42-12-15-46(34(54)30(37-5)38-6)17-16-45(32(52)25(36-4)19-35-3)14-11-41-28(49)21-55-40-8/h20,23-26,30,35-38,40H,9-19,21-22H2,1-8H3,(H,39,51)(H,41,49)(H,42,50)(H,44,48)/b43-20-/t24-,25?,26-/m0/s1. The van der Waals surface area contributed by atoms with Crippen LogP contribution in [-0.2, 0) is 43.2 Å². The van der Waals surface area contributed by atoms with Gasteiger partial charge >= 0.3 is 0 Å². The molecule has 56 heavy (non-hydrogen) atoms. The number of rotatable bonds is 28. The molecule has 0 aliphatic carbocycles. The molecule has 3 atom stereocenters. The first-order valence-corrected chi connectivity index (χ1v) is 18.8. The van der Waals surface area contributed by atoms with Gasteiger partial charge in [-0.3, -0.25) is 49.0 Å². The largest absolute Gasteiger partial charge is 0.386 e. The molecule has 22 heteroatoms. The van der Waals surface area contributed by atoms with Crippen molar-refractivity contribution < 1.29 is 43.2 Å². The molecule has 0 spiro atoms. The lowest BCUT2D eigenvalue weighted by atomic mass is 10.0. The van der Waals surface area contributed by atoms with Crippen molar-refractivity contribution in [1.82, 2.24) is 62.7 Å². The van der Waals surface area contributed by atoms with E-state index in [1.54, 1.807) is 33.1 Å². The molecule has 0 aromatic heterocycles. The highest BCUT2D eigenvalue weighted by atomic mass is 16.6. The third-order valence-corrected chi connectivity index (χ3v) is 8.74. The molecule has 1 rings (SSSR count). The van der Waals surface area contributed by atoms with E-state index >= 15 is 0 Å². The molecule has 320 valence electrons. The lowest BCUT2D eigenvalue weighted by molar-refractivity contribution is -0.141. The van der Waals surface area contributed by atoms with E-state index in [-0.39, 0.29) is 81.3 Å². The zero-order valence-corrected chi connectivity index (χ0v) is 34.1. The van der Waals surface area contributed by atoms with Gasteiger partial charge in [-0.1, -0.05) is 19.0 Å². The number of hydroxylamine groups is 1. The van der Waals surface area contributed by atoms with E-state index in [1.165, 1.54) is 23.9 Å². The minimum absolute atomic E-state index is 0.0270. The summed E-state index contributed by atoms with van der Waals surface area (Å²) in [6, 6.07) is -2.04. The van der Waals surface area contributed by atoms with Crippen molar-refractivity contribution in [2.75, 3.05) is 108 Å². The number of hydrogen-bond donors (Lipinski definition) is 9. The highest BCUT2D eigenvalue weighted by Crippen LogP contribution is 2.20. The maximum atomic E-state index is 13.4. The smallest absolute Gasteiger partial charge is 0.266 e. The highest BCUT2D eigenvalue weighted by Gasteiger charge is 2.37. The van der Waals surface area contributed by atoms with Crippen molar-refractivity contribution in [3.63, 3.8) is 0 Å². The van der Waals surface area contributed by atoms with Crippen LogP contribution in [0.1, 0.15) is 33.1 Å². The van der Waals surface area contributed by atoms with E-state index in [0.717, 1.165) is 6.21 Å². The molecule has 1 aliphatic rings. The molecule has 9 N–H and O–H groups in total. The van der Waals surface area contributed by atoms with Gasteiger partial charge in [0.05, 0.1) is 6.04 Å². The third kappa shape index (κ3) is 18.0. The fourth-order valence-electron chi connectivity index (χ4n) is 5.87. The van der Waals surface area contributed by atoms with Crippen molar-refractivity contribution >= 4 is 47.6 Å². The van der Waals surface area contributed by atoms with E-state index in [1.807, 2.05) is 13.8 Å². The van der Waals surface area contributed by atoms with Crippen molar-refractivity contribution in [2.45, 2.75) is 57.4 Å². The Morgan fingerprint density at radius 2 is 1.41 bits per heavy atom. The Hall–Kier alpha value is -4.48. The van der Waals surface area contributed by atoms with Gasteiger partial charge in [-0.05, 0) is 53.4 Å². The first-order valence-electron chi connectivity index (χ1n) is 18.8. The molecule has 1 heterocycles. The summed E-state index contributed by atoms with van der Waals surface area (Å²) in [7, 11) is 9.65. The number of nitrogens with one attached hydrogen (secondary N) is 9. The Kier molecular flexibility index (Phi) is 24.8. The quantitative estimate of drug-likeness (QED) is 0.0204. The minimum atomic E-state index is -0.883. The number of carbonyl (C=O) groups is 7. The molecule has 1 aliphatic heterocycles. The van der Waals surface area contributed by atoms with E-state index in [0.29, 0.717) is 32.4 Å². The number of carbonyl (C=O) groups excluding carboxylic acids is 7. The van der Waals surface area contributed by atoms with Gasteiger partial charge in [0.15, 0.2) is 6.61 Å². The molecule has 1 saturated heterocycles. The monoisotopic (exact) mass is 800 g/mol. The minimum Gasteiger partial charge on any atom is -0.386 e. The Balaban J connectivity index is 2.83. The number of oxime groups is 1. The summed E-state index contributed by atoms with van der Waals surface area (Å²) in [5.41, 5.74) is 2.42. The van der Waals surface area contributed by atoms with Crippen molar-refractivity contribution in [3.8, 4) is 0 Å². The number of hydrogen-bond acceptors (Lipinski definition) is 15. The summed E-state index contributed by atoms with van der Waals surface area (Å²) in [6.07, 6.45) is 1.63. The second kappa shape index (κ2) is 28.0. The highest BCUT2D eigenvalue weighted by molar-refractivity contribution is 6.26. The lowest BCUT2D eigenvalue weighted by Gasteiger charge is -2.32. The molecule has 1 unspecified atom stereocenters. The predicted molar refractivity (Wildman–Crippen MR) is 208 cm³/mol. The van der Waals surface area contributed by atoms with Crippen LogP contribution in [0.4, 0.5) is 0 Å². The maximum absolute atomic E-state index is 13.4. The van der Waals surface area contributed by atoms with Gasteiger partial charge in [0.25, 0.3) is 17.7 Å². The average molecular weight is 800 g/mol. The molecule has 0 aromatic rings. The van der Waals surface area contributed by atoms with Gasteiger partial charge < -0.3 is 51.4 Å². The van der Waals surface area contributed by atoms with Crippen LogP contribution in [0.3, 0.4) is 0 Å². The van der Waals surface area contributed by atoms with E-state index in [9.17, 15) is 33.6 Å². The second-order valence-electron chi connectivity index (χ2n) is 13.3. The average Bonchev–Trinajstić information content (AvgIpc) is 3.67. The molecular formula is C34H65N13O9. The van der Waals surface area contributed by atoms with Crippen molar-refractivity contribution in [2.24, 2.45) is 11.1 Å². The van der Waals surface area contributed by atoms with Crippen LogP contribution < -0.4 is 48.0 Å². The number of nitrogens with zero attached hydrogens (tertiary/aromatic N) is 4. The lowest BCUT2D eigenvalue weighted by Crippen LogP contribution is -2.56. The molecule has 22 nitrogen and oxygen atoms in total. The van der Waals surface area contributed by atoms with Gasteiger partial charge in [0.1, 0.15) is 31.1 Å². The maximum Gasteiger partial charge on any atom is 0.266 e. The Morgan fingerprint density at radius 1 is 0.804 bits per heavy atom. The van der Waals surface area contributed by atoms with Gasteiger partial charge in [0.2, 0.25) is 23.6 Å². The molecule has 0 bridgehead atoms. The first-order chi connectivity index (χ1) is 26.8. The summed E-state index contributed by atoms with van der Waals surface area (Å²) < 4.78 is 0.